The SMILES string of the molecule is CC(C)C(=O)Oc1ccc2c(-c3ccc(C(=O)NCCNC(=O)[C@H]4C[C@H](O)[C@@H](CO)O4)cc3C(=O)O)c3ccc(OC(=O)C(C)C)cc3[o+]c2c1. The van der Waals surface area contributed by atoms with Gasteiger partial charge in [-0.25, -0.2) is 9.21 Å². The second-order valence-corrected chi connectivity index (χ2v) is 12.7. The van der Waals surface area contributed by atoms with Gasteiger partial charge in [0.15, 0.2) is 0 Å². The maximum absolute atomic E-state index is 13.1. The van der Waals surface area contributed by atoms with E-state index >= 15 is 0 Å². The summed E-state index contributed by atoms with van der Waals surface area (Å²) < 4.78 is 22.5. The largest absolute Gasteiger partial charge is 0.478 e. The van der Waals surface area contributed by atoms with Crippen LogP contribution in [-0.4, -0.2) is 83.1 Å². The van der Waals surface area contributed by atoms with Crippen molar-refractivity contribution in [2.24, 2.45) is 11.8 Å². The fraction of sp³-hybridized carbons (Fsp3) is 0.351. The predicted molar refractivity (Wildman–Crippen MR) is 183 cm³/mol. The number of carboxylic acid groups (broad SMARTS) is 1. The maximum Gasteiger partial charge on any atom is 0.365 e. The summed E-state index contributed by atoms with van der Waals surface area (Å²) in [6.45, 7) is 6.41. The topological polar surface area (TPSA) is 209 Å². The lowest BCUT2D eigenvalue weighted by Crippen LogP contribution is -2.40. The number of esters is 2. The van der Waals surface area contributed by atoms with Crippen molar-refractivity contribution in [1.82, 2.24) is 10.6 Å². The fourth-order valence-corrected chi connectivity index (χ4v) is 5.46. The Hall–Kier alpha value is -5.44. The summed E-state index contributed by atoms with van der Waals surface area (Å²) in [5.74, 6) is -3.67. The van der Waals surface area contributed by atoms with Crippen LogP contribution in [0.4, 0.5) is 0 Å². The van der Waals surface area contributed by atoms with Crippen LogP contribution in [0.3, 0.4) is 0 Å². The summed E-state index contributed by atoms with van der Waals surface area (Å²) in [5.41, 5.74) is 1.08. The molecule has 0 unspecified atom stereocenters. The highest BCUT2D eigenvalue weighted by Gasteiger charge is 2.37. The number of amides is 2. The number of rotatable bonds is 12. The Morgan fingerprint density at radius 2 is 1.41 bits per heavy atom. The van der Waals surface area contributed by atoms with Crippen molar-refractivity contribution in [2.75, 3.05) is 19.7 Å². The predicted octanol–water partition coefficient (Wildman–Crippen LogP) is 3.71. The molecule has 5 rings (SSSR count). The molecule has 2 heterocycles. The second-order valence-electron chi connectivity index (χ2n) is 12.7. The van der Waals surface area contributed by atoms with Gasteiger partial charge in [0.2, 0.25) is 5.91 Å². The number of fused-ring (bicyclic) bond motifs is 2. The molecule has 3 atom stereocenters. The van der Waals surface area contributed by atoms with E-state index in [9.17, 15) is 39.3 Å². The first kappa shape index (κ1) is 36.8. The average molecular weight is 704 g/mol. The molecule has 14 heteroatoms. The molecular weight excluding hydrogens is 664 g/mol. The molecule has 0 aliphatic carbocycles. The van der Waals surface area contributed by atoms with Crippen molar-refractivity contribution >= 4 is 51.7 Å². The summed E-state index contributed by atoms with van der Waals surface area (Å²) in [6.07, 6.45) is -2.70. The summed E-state index contributed by atoms with van der Waals surface area (Å²) in [6, 6.07) is 13.7. The lowest BCUT2D eigenvalue weighted by Gasteiger charge is -2.14. The molecule has 3 aromatic carbocycles. The maximum atomic E-state index is 13.1. The third-order valence-corrected chi connectivity index (χ3v) is 8.23. The minimum Gasteiger partial charge on any atom is -0.478 e. The second kappa shape index (κ2) is 15.6. The molecule has 4 aromatic rings. The first-order valence-corrected chi connectivity index (χ1v) is 16.4. The van der Waals surface area contributed by atoms with Crippen LogP contribution in [0.2, 0.25) is 0 Å². The molecule has 1 aromatic heterocycles. The number of carbonyl (C=O) groups is 5. The molecule has 1 aliphatic rings. The molecular formula is C37H39N2O12+. The molecule has 0 saturated carbocycles. The zero-order valence-electron chi connectivity index (χ0n) is 28.4. The van der Waals surface area contributed by atoms with Crippen LogP contribution in [0, 0.1) is 11.8 Å². The number of benzene rings is 3. The molecule has 1 fully saturated rings. The third kappa shape index (κ3) is 8.31. The van der Waals surface area contributed by atoms with Crippen molar-refractivity contribution < 1.29 is 57.9 Å². The van der Waals surface area contributed by atoms with E-state index in [1.165, 1.54) is 30.3 Å². The molecule has 1 saturated heterocycles. The first-order chi connectivity index (χ1) is 24.3. The minimum absolute atomic E-state index is 0.0102. The molecule has 14 nitrogen and oxygen atoms in total. The molecule has 1 aliphatic heterocycles. The Labute approximate surface area is 292 Å². The van der Waals surface area contributed by atoms with E-state index in [1.54, 1.807) is 52.0 Å². The van der Waals surface area contributed by atoms with Crippen LogP contribution >= 0.6 is 0 Å². The van der Waals surface area contributed by atoms with Gasteiger partial charge in [0.1, 0.15) is 23.7 Å². The number of carboxylic acids is 1. The summed E-state index contributed by atoms with van der Waals surface area (Å²) in [4.78, 5) is 62.8. The molecule has 0 radical (unpaired) electrons. The number of aromatic carboxylic acids is 1. The summed E-state index contributed by atoms with van der Waals surface area (Å²) in [5, 5.41) is 35.6. The Kier molecular flexibility index (Phi) is 11.3. The number of ether oxygens (including phenoxy) is 3. The van der Waals surface area contributed by atoms with E-state index in [1.807, 2.05) is 0 Å². The molecule has 51 heavy (non-hydrogen) atoms. The number of aliphatic hydroxyl groups excluding tert-OH is 2. The third-order valence-electron chi connectivity index (χ3n) is 8.23. The van der Waals surface area contributed by atoms with Crippen LogP contribution in [0.25, 0.3) is 33.1 Å². The van der Waals surface area contributed by atoms with Crippen molar-refractivity contribution in [3.05, 3.63) is 65.7 Å². The zero-order chi connectivity index (χ0) is 37.0. The van der Waals surface area contributed by atoms with E-state index in [-0.39, 0.29) is 58.9 Å². The van der Waals surface area contributed by atoms with Crippen LogP contribution in [0.15, 0.2) is 59.0 Å². The quantitative estimate of drug-likeness (QED) is 0.0470. The highest BCUT2D eigenvalue weighted by molar-refractivity contribution is 6.13. The van der Waals surface area contributed by atoms with Gasteiger partial charge < -0.3 is 40.2 Å². The van der Waals surface area contributed by atoms with E-state index in [0.717, 1.165) is 0 Å². The Bertz CT molecular complexity index is 1930. The van der Waals surface area contributed by atoms with Crippen molar-refractivity contribution in [3.8, 4) is 22.6 Å². The van der Waals surface area contributed by atoms with Gasteiger partial charge in [-0.3, -0.25) is 19.2 Å². The number of nitrogens with one attached hydrogen (secondary N) is 2. The van der Waals surface area contributed by atoms with Gasteiger partial charge in [-0.15, -0.1) is 0 Å². The van der Waals surface area contributed by atoms with Crippen molar-refractivity contribution in [2.45, 2.75) is 52.4 Å². The Morgan fingerprint density at radius 3 is 1.92 bits per heavy atom. The van der Waals surface area contributed by atoms with Crippen molar-refractivity contribution in [3.63, 3.8) is 0 Å². The van der Waals surface area contributed by atoms with Gasteiger partial charge in [0, 0.05) is 30.6 Å². The summed E-state index contributed by atoms with van der Waals surface area (Å²) in [7, 11) is 0. The van der Waals surface area contributed by atoms with Crippen LogP contribution in [0.1, 0.15) is 54.8 Å². The summed E-state index contributed by atoms with van der Waals surface area (Å²) >= 11 is 0. The number of hydrogen-bond donors (Lipinski definition) is 5. The molecule has 0 bridgehead atoms. The van der Waals surface area contributed by atoms with Crippen molar-refractivity contribution in [1.29, 1.82) is 0 Å². The number of carbonyl (C=O) groups excluding carboxylic acids is 4. The van der Waals surface area contributed by atoms with E-state index in [2.05, 4.69) is 10.6 Å². The normalized spacial score (nSPS) is 17.1. The molecule has 268 valence electrons. The van der Waals surface area contributed by atoms with Gasteiger partial charge in [0.05, 0.1) is 53.0 Å². The monoisotopic (exact) mass is 703 g/mol. The highest BCUT2D eigenvalue weighted by Crippen LogP contribution is 2.41. The number of hydrogen-bond acceptors (Lipinski definition) is 10. The first-order valence-electron chi connectivity index (χ1n) is 16.4. The Morgan fingerprint density at radius 1 is 0.843 bits per heavy atom. The minimum atomic E-state index is -1.31. The van der Waals surface area contributed by atoms with Gasteiger partial charge >= 0.3 is 29.1 Å². The van der Waals surface area contributed by atoms with Gasteiger partial charge in [-0.2, -0.15) is 0 Å². The van der Waals surface area contributed by atoms with E-state index in [4.69, 9.17) is 18.6 Å². The van der Waals surface area contributed by atoms with Gasteiger partial charge in [-0.1, -0.05) is 33.8 Å². The van der Waals surface area contributed by atoms with Crippen LogP contribution in [-0.2, 0) is 19.1 Å². The standard InChI is InChI=1S/C37H38N2O12/c1-18(2)36(46)48-21-6-9-24-28(14-21)50-29-15-22(49-37(47)19(3)4)7-10-25(29)32(24)23-8-5-20(13-26(23)35(44)45)33(42)38-11-12-39-34(43)30-16-27(41)31(17-40)51-30/h5-10,13-15,18-19,27,30-31,40-41H,11-12,16-17H2,1-4H3,(H2-,38,39,42,43,44,45)/p+1/t27-,30+,31+/m0/s1. The van der Waals surface area contributed by atoms with Crippen LogP contribution in [0.5, 0.6) is 11.5 Å². The lowest BCUT2D eigenvalue weighted by molar-refractivity contribution is -0.138. The smallest absolute Gasteiger partial charge is 0.365 e. The highest BCUT2D eigenvalue weighted by atomic mass is 16.5. The molecule has 2 amide bonds. The Balaban J connectivity index is 1.46. The van der Waals surface area contributed by atoms with Crippen LogP contribution < -0.4 is 20.1 Å². The van der Waals surface area contributed by atoms with Gasteiger partial charge in [-0.05, 0) is 42.0 Å². The van der Waals surface area contributed by atoms with E-state index < -0.39 is 66.5 Å². The fourth-order valence-electron chi connectivity index (χ4n) is 5.46. The number of aliphatic hydroxyl groups is 2. The average Bonchev–Trinajstić information content (AvgIpc) is 3.48. The molecule has 5 N–H and O–H groups in total. The van der Waals surface area contributed by atoms with Gasteiger partial charge in [0.25, 0.3) is 5.91 Å². The van der Waals surface area contributed by atoms with E-state index in [0.29, 0.717) is 16.3 Å². The lowest BCUT2D eigenvalue weighted by atomic mass is 9.92. The zero-order valence-corrected chi connectivity index (χ0v) is 28.4. The molecule has 0 spiro atoms.